The number of rotatable bonds is 6. The van der Waals surface area contributed by atoms with Crippen LogP contribution in [0.5, 0.6) is 0 Å². The first-order chi connectivity index (χ1) is 9.69. The second-order valence-electron chi connectivity index (χ2n) is 5.90. The fraction of sp³-hybridized carbons (Fsp3) is 0.857. The normalized spacial score (nSPS) is 20.7. The van der Waals surface area contributed by atoms with Gasteiger partial charge >= 0.3 is 6.18 Å². The molecule has 1 rings (SSSR count). The first kappa shape index (κ1) is 17.8. The number of carbonyl (C=O) groups excluding carboxylic acids is 2. The third-order valence-electron chi connectivity index (χ3n) is 3.40. The quantitative estimate of drug-likeness (QED) is 0.766. The van der Waals surface area contributed by atoms with E-state index in [1.54, 1.807) is 0 Å². The van der Waals surface area contributed by atoms with Gasteiger partial charge in [-0.25, -0.2) is 0 Å². The summed E-state index contributed by atoms with van der Waals surface area (Å²) in [5.41, 5.74) is 0. The second-order valence-corrected chi connectivity index (χ2v) is 5.90. The predicted molar refractivity (Wildman–Crippen MR) is 72.5 cm³/mol. The number of hydrogen-bond acceptors (Lipinski definition) is 2. The Morgan fingerprint density at radius 2 is 1.95 bits per heavy atom. The van der Waals surface area contributed by atoms with E-state index >= 15 is 0 Å². The molecule has 0 saturated carbocycles. The van der Waals surface area contributed by atoms with Gasteiger partial charge in [-0.1, -0.05) is 13.8 Å². The minimum Gasteiger partial charge on any atom is -0.344 e. The molecule has 1 heterocycles. The molecule has 0 aliphatic carbocycles. The maximum Gasteiger partial charge on any atom is 0.389 e. The van der Waals surface area contributed by atoms with Crippen molar-refractivity contribution in [2.24, 2.45) is 5.92 Å². The summed E-state index contributed by atoms with van der Waals surface area (Å²) in [4.78, 5) is 25.4. The van der Waals surface area contributed by atoms with Gasteiger partial charge in [0.25, 0.3) is 0 Å². The van der Waals surface area contributed by atoms with Gasteiger partial charge in [-0.3, -0.25) is 9.59 Å². The van der Waals surface area contributed by atoms with Crippen molar-refractivity contribution in [2.45, 2.75) is 58.2 Å². The van der Waals surface area contributed by atoms with Crippen molar-refractivity contribution in [3.8, 4) is 0 Å². The van der Waals surface area contributed by atoms with Gasteiger partial charge in [0.15, 0.2) is 0 Å². The second kappa shape index (κ2) is 7.66. The SMILES string of the molecule is CC(C)CC1NC(=O)CCN(CCCCC(F)(F)F)C1=O. The molecule has 21 heavy (non-hydrogen) atoms. The summed E-state index contributed by atoms with van der Waals surface area (Å²) in [6.45, 7) is 4.47. The topological polar surface area (TPSA) is 49.4 Å². The molecule has 2 amide bonds. The average molecular weight is 308 g/mol. The van der Waals surface area contributed by atoms with Crippen molar-refractivity contribution in [3.05, 3.63) is 0 Å². The molecule has 122 valence electrons. The van der Waals surface area contributed by atoms with Crippen LogP contribution in [0, 0.1) is 5.92 Å². The maximum absolute atomic E-state index is 12.3. The highest BCUT2D eigenvalue weighted by Gasteiger charge is 2.30. The Labute approximate surface area is 123 Å². The summed E-state index contributed by atoms with van der Waals surface area (Å²) in [5.74, 6) is -0.0993. The lowest BCUT2D eigenvalue weighted by atomic mass is 10.0. The van der Waals surface area contributed by atoms with E-state index in [-0.39, 0.29) is 43.7 Å². The molecule has 0 radical (unpaired) electrons. The summed E-state index contributed by atoms with van der Waals surface area (Å²) in [6, 6.07) is -0.553. The van der Waals surface area contributed by atoms with Gasteiger partial charge in [0.1, 0.15) is 6.04 Å². The van der Waals surface area contributed by atoms with Crippen molar-refractivity contribution in [1.82, 2.24) is 10.2 Å². The molecule has 0 aromatic rings. The van der Waals surface area contributed by atoms with E-state index in [1.807, 2.05) is 13.8 Å². The number of amides is 2. The molecule has 1 unspecified atom stereocenters. The number of hydrogen-bond donors (Lipinski definition) is 1. The zero-order valence-electron chi connectivity index (χ0n) is 12.5. The summed E-state index contributed by atoms with van der Waals surface area (Å²) >= 11 is 0. The summed E-state index contributed by atoms with van der Waals surface area (Å²) < 4.78 is 36.3. The highest BCUT2D eigenvalue weighted by molar-refractivity contribution is 5.89. The third-order valence-corrected chi connectivity index (χ3v) is 3.40. The van der Waals surface area contributed by atoms with Crippen LogP contribution < -0.4 is 5.32 Å². The lowest BCUT2D eigenvalue weighted by Gasteiger charge is -2.25. The molecule has 0 bridgehead atoms. The van der Waals surface area contributed by atoms with Gasteiger partial charge in [-0.05, 0) is 25.2 Å². The molecule has 7 heteroatoms. The minimum absolute atomic E-state index is 0.00347. The van der Waals surface area contributed by atoms with Gasteiger partial charge < -0.3 is 10.2 Å². The molecule has 1 atom stereocenters. The van der Waals surface area contributed by atoms with E-state index < -0.39 is 18.6 Å². The van der Waals surface area contributed by atoms with Crippen LogP contribution in [0.3, 0.4) is 0 Å². The Morgan fingerprint density at radius 3 is 2.52 bits per heavy atom. The van der Waals surface area contributed by atoms with Gasteiger partial charge in [-0.2, -0.15) is 13.2 Å². The van der Waals surface area contributed by atoms with Crippen LogP contribution in [0.25, 0.3) is 0 Å². The fourth-order valence-electron chi connectivity index (χ4n) is 2.38. The number of nitrogens with zero attached hydrogens (tertiary/aromatic N) is 1. The predicted octanol–water partition coefficient (Wildman–Crippen LogP) is 2.48. The molecule has 1 aliphatic heterocycles. The number of alkyl halides is 3. The first-order valence-corrected chi connectivity index (χ1v) is 7.34. The Kier molecular flexibility index (Phi) is 6.48. The zero-order valence-corrected chi connectivity index (χ0v) is 12.5. The average Bonchev–Trinajstić information content (AvgIpc) is 2.45. The molecule has 4 nitrogen and oxygen atoms in total. The summed E-state index contributed by atoms with van der Waals surface area (Å²) in [6.07, 6.45) is -3.93. The largest absolute Gasteiger partial charge is 0.389 e. The molecular formula is C14H23F3N2O2. The van der Waals surface area contributed by atoms with E-state index in [9.17, 15) is 22.8 Å². The first-order valence-electron chi connectivity index (χ1n) is 7.34. The van der Waals surface area contributed by atoms with E-state index in [0.29, 0.717) is 12.8 Å². The fourth-order valence-corrected chi connectivity index (χ4v) is 2.38. The third kappa shape index (κ3) is 6.82. The smallest absolute Gasteiger partial charge is 0.344 e. The molecule has 1 N–H and O–H groups in total. The van der Waals surface area contributed by atoms with E-state index in [0.717, 1.165) is 0 Å². The molecule has 1 fully saturated rings. The van der Waals surface area contributed by atoms with Crippen molar-refractivity contribution >= 4 is 11.8 Å². The van der Waals surface area contributed by atoms with Gasteiger partial charge in [0.2, 0.25) is 11.8 Å². The van der Waals surface area contributed by atoms with Crippen molar-refractivity contribution in [2.75, 3.05) is 13.1 Å². The van der Waals surface area contributed by atoms with Crippen molar-refractivity contribution < 1.29 is 22.8 Å². The van der Waals surface area contributed by atoms with Crippen LogP contribution >= 0.6 is 0 Å². The van der Waals surface area contributed by atoms with Crippen LogP contribution in [0.1, 0.15) is 46.0 Å². The van der Waals surface area contributed by atoms with E-state index in [2.05, 4.69) is 5.32 Å². The maximum atomic E-state index is 12.3. The molecule has 1 saturated heterocycles. The zero-order chi connectivity index (χ0) is 16.0. The van der Waals surface area contributed by atoms with Crippen LogP contribution in [-0.2, 0) is 9.59 Å². The van der Waals surface area contributed by atoms with Crippen LogP contribution in [-0.4, -0.2) is 42.0 Å². The number of nitrogens with one attached hydrogen (secondary N) is 1. The number of unbranched alkanes of at least 4 members (excludes halogenated alkanes) is 1. The molecule has 0 aromatic carbocycles. The summed E-state index contributed by atoms with van der Waals surface area (Å²) in [7, 11) is 0. The minimum atomic E-state index is -4.15. The lowest BCUT2D eigenvalue weighted by Crippen LogP contribution is -2.45. The van der Waals surface area contributed by atoms with Gasteiger partial charge in [0, 0.05) is 25.9 Å². The van der Waals surface area contributed by atoms with E-state index in [4.69, 9.17) is 0 Å². The van der Waals surface area contributed by atoms with Crippen LogP contribution in [0.2, 0.25) is 0 Å². The van der Waals surface area contributed by atoms with Crippen molar-refractivity contribution in [1.29, 1.82) is 0 Å². The molecule has 0 aromatic heterocycles. The summed E-state index contributed by atoms with van der Waals surface area (Å²) in [5, 5.41) is 2.69. The Morgan fingerprint density at radius 1 is 1.29 bits per heavy atom. The molecule has 0 spiro atoms. The Hall–Kier alpha value is -1.27. The Bertz CT molecular complexity index is 370. The van der Waals surface area contributed by atoms with Crippen LogP contribution in [0.4, 0.5) is 13.2 Å². The standard InChI is InChI=1S/C14H23F3N2O2/c1-10(2)9-11-13(21)19(8-5-12(20)18-11)7-4-3-6-14(15,16)17/h10-11H,3-9H2,1-2H3,(H,18,20). The van der Waals surface area contributed by atoms with Gasteiger partial charge in [-0.15, -0.1) is 0 Å². The lowest BCUT2D eigenvalue weighted by molar-refractivity contribution is -0.136. The highest BCUT2D eigenvalue weighted by Crippen LogP contribution is 2.22. The number of halogens is 3. The molecule has 1 aliphatic rings. The number of carbonyl (C=O) groups is 2. The van der Waals surface area contributed by atoms with Gasteiger partial charge in [0.05, 0.1) is 0 Å². The van der Waals surface area contributed by atoms with Crippen molar-refractivity contribution in [3.63, 3.8) is 0 Å². The molecular weight excluding hydrogens is 285 g/mol. The monoisotopic (exact) mass is 308 g/mol. The highest BCUT2D eigenvalue weighted by atomic mass is 19.4. The Balaban J connectivity index is 2.51. The van der Waals surface area contributed by atoms with Crippen LogP contribution in [0.15, 0.2) is 0 Å². The van der Waals surface area contributed by atoms with E-state index in [1.165, 1.54) is 4.90 Å².